The van der Waals surface area contributed by atoms with Crippen molar-refractivity contribution in [3.05, 3.63) is 130 Å². The highest BCUT2D eigenvalue weighted by atomic mass is 79.9. The van der Waals surface area contributed by atoms with Crippen molar-refractivity contribution in [1.29, 1.82) is 0 Å². The first-order valence-electron chi connectivity index (χ1n) is 15.0. The van der Waals surface area contributed by atoms with Crippen molar-refractivity contribution in [2.75, 3.05) is 17.4 Å². The number of alkyl halides is 3. The minimum atomic E-state index is -4.76. The third-order valence-electron chi connectivity index (χ3n) is 7.41. The van der Waals surface area contributed by atoms with Gasteiger partial charge in [-0.2, -0.15) is 13.2 Å². The first kappa shape index (κ1) is 35.7. The lowest BCUT2D eigenvalue weighted by Gasteiger charge is -2.34. The number of nitrogens with one attached hydrogen (secondary N) is 1. The summed E-state index contributed by atoms with van der Waals surface area (Å²) in [6.07, 6.45) is -3.10. The minimum Gasteiger partial charge on any atom is -0.354 e. The van der Waals surface area contributed by atoms with Crippen LogP contribution in [0.25, 0.3) is 0 Å². The molecule has 0 aliphatic rings. The van der Waals surface area contributed by atoms with Crippen molar-refractivity contribution in [3.8, 4) is 0 Å². The van der Waals surface area contributed by atoms with Crippen LogP contribution in [0.1, 0.15) is 36.5 Å². The molecule has 0 bridgehead atoms. The molecule has 0 aliphatic carbocycles. The quantitative estimate of drug-likeness (QED) is 0.139. The summed E-state index contributed by atoms with van der Waals surface area (Å²) < 4.78 is 70.7. The summed E-state index contributed by atoms with van der Waals surface area (Å²) in [6.45, 7) is 1.42. The van der Waals surface area contributed by atoms with Gasteiger partial charge in [0.15, 0.2) is 0 Å². The molecule has 4 aromatic rings. The van der Waals surface area contributed by atoms with Crippen LogP contribution in [0.5, 0.6) is 0 Å². The number of amides is 2. The maximum atomic E-state index is 14.4. The van der Waals surface area contributed by atoms with E-state index < -0.39 is 46.2 Å². The maximum absolute atomic E-state index is 14.4. The van der Waals surface area contributed by atoms with E-state index in [-0.39, 0.29) is 23.5 Å². The summed E-state index contributed by atoms with van der Waals surface area (Å²) in [7, 11) is -4.54. The molecular formula is C35H35BrF3N3O4S. The molecule has 2 amide bonds. The summed E-state index contributed by atoms with van der Waals surface area (Å²) >= 11 is 3.43. The molecule has 0 saturated carbocycles. The number of rotatable bonds is 14. The van der Waals surface area contributed by atoms with Crippen molar-refractivity contribution in [2.24, 2.45) is 0 Å². The average molecular weight is 731 g/mol. The van der Waals surface area contributed by atoms with Crippen LogP contribution in [0.3, 0.4) is 0 Å². The highest BCUT2D eigenvalue weighted by Crippen LogP contribution is 2.33. The molecule has 0 aliphatic heterocycles. The molecule has 1 atom stereocenters. The normalized spacial score (nSPS) is 12.3. The standard InChI is InChI=1S/C35H35BrF3N3O4S/c1-2-3-20-40-34(44)32(22-26-12-6-4-7-13-26)41(24-27-14-10-16-29(36)21-27)33(43)25-42(47(45,46)31-18-8-5-9-19-31)30-17-11-15-28(23-30)35(37,38)39/h4-19,21,23,32H,2-3,20,22,24-25H2,1H3,(H,40,44)/t32-/m0/s1. The molecule has 4 aromatic carbocycles. The van der Waals surface area contributed by atoms with Crippen molar-refractivity contribution >= 4 is 43.5 Å². The van der Waals surface area contributed by atoms with Gasteiger partial charge in [-0.05, 0) is 60.0 Å². The van der Waals surface area contributed by atoms with Crippen LogP contribution < -0.4 is 9.62 Å². The highest BCUT2D eigenvalue weighted by Gasteiger charge is 2.36. The van der Waals surface area contributed by atoms with E-state index >= 15 is 0 Å². The first-order valence-corrected chi connectivity index (χ1v) is 17.2. The second-order valence-corrected chi connectivity index (χ2v) is 13.7. The zero-order valence-electron chi connectivity index (χ0n) is 25.7. The number of halogens is 4. The fourth-order valence-corrected chi connectivity index (χ4v) is 6.85. The van der Waals surface area contributed by atoms with Gasteiger partial charge in [0.2, 0.25) is 11.8 Å². The first-order chi connectivity index (χ1) is 22.4. The Labute approximate surface area is 281 Å². The van der Waals surface area contributed by atoms with Crippen molar-refractivity contribution in [3.63, 3.8) is 0 Å². The lowest BCUT2D eigenvalue weighted by atomic mass is 10.0. The number of sulfonamides is 1. The maximum Gasteiger partial charge on any atom is 0.416 e. The summed E-state index contributed by atoms with van der Waals surface area (Å²) in [4.78, 5) is 29.3. The molecule has 1 N–H and O–H groups in total. The lowest BCUT2D eigenvalue weighted by Crippen LogP contribution is -2.53. The molecule has 0 spiro atoms. The van der Waals surface area contributed by atoms with Gasteiger partial charge in [0, 0.05) is 24.0 Å². The molecule has 0 aromatic heterocycles. The predicted octanol–water partition coefficient (Wildman–Crippen LogP) is 7.22. The second kappa shape index (κ2) is 16.1. The SMILES string of the molecule is CCCCNC(=O)[C@H](Cc1ccccc1)N(Cc1cccc(Br)c1)C(=O)CN(c1cccc(C(F)(F)F)c1)S(=O)(=O)c1ccccc1. The minimum absolute atomic E-state index is 0.0706. The van der Waals surface area contributed by atoms with Crippen LogP contribution in [-0.4, -0.2) is 44.3 Å². The number of unbranched alkanes of at least 4 members (excludes halogenated alkanes) is 1. The molecule has 0 fully saturated rings. The lowest BCUT2D eigenvalue weighted by molar-refractivity contribution is -0.140. The molecule has 0 unspecified atom stereocenters. The molecule has 0 saturated heterocycles. The molecule has 47 heavy (non-hydrogen) atoms. The molecule has 248 valence electrons. The number of hydrogen-bond acceptors (Lipinski definition) is 4. The molecule has 12 heteroatoms. The van der Waals surface area contributed by atoms with Crippen molar-refractivity contribution in [2.45, 2.75) is 49.8 Å². The van der Waals surface area contributed by atoms with Gasteiger partial charge in [0.1, 0.15) is 12.6 Å². The van der Waals surface area contributed by atoms with Crippen LogP contribution in [0.15, 0.2) is 119 Å². The van der Waals surface area contributed by atoms with Crippen LogP contribution in [0, 0.1) is 0 Å². The second-order valence-electron chi connectivity index (χ2n) is 10.9. The van der Waals surface area contributed by atoms with E-state index in [4.69, 9.17) is 0 Å². The molecule has 0 radical (unpaired) electrons. The molecular weight excluding hydrogens is 695 g/mol. The Hall–Kier alpha value is -4.16. The molecule has 4 rings (SSSR count). The smallest absolute Gasteiger partial charge is 0.354 e. The van der Waals surface area contributed by atoms with Crippen LogP contribution >= 0.6 is 15.9 Å². The number of anilines is 1. The van der Waals surface area contributed by atoms with Crippen molar-refractivity contribution < 1.29 is 31.2 Å². The summed E-state index contributed by atoms with van der Waals surface area (Å²) in [5.74, 6) is -1.20. The van der Waals surface area contributed by atoms with Crippen LogP contribution in [0.4, 0.5) is 18.9 Å². The third kappa shape index (κ3) is 9.68. The summed E-state index contributed by atoms with van der Waals surface area (Å²) in [5.41, 5.74) is 0.0101. The fourth-order valence-electron chi connectivity index (χ4n) is 4.98. The number of nitrogens with zero attached hydrogens (tertiary/aromatic N) is 2. The average Bonchev–Trinajstić information content (AvgIpc) is 3.05. The zero-order chi connectivity index (χ0) is 34.0. The monoisotopic (exact) mass is 729 g/mol. The molecule has 0 heterocycles. The van der Waals surface area contributed by atoms with E-state index in [1.165, 1.54) is 35.2 Å². The van der Waals surface area contributed by atoms with Crippen molar-refractivity contribution in [1.82, 2.24) is 10.2 Å². The largest absolute Gasteiger partial charge is 0.416 e. The Morgan fingerprint density at radius 1 is 0.851 bits per heavy atom. The number of carbonyl (C=O) groups excluding carboxylic acids is 2. The van der Waals surface area contributed by atoms with E-state index in [9.17, 15) is 31.2 Å². The van der Waals surface area contributed by atoms with Gasteiger partial charge < -0.3 is 10.2 Å². The number of benzene rings is 4. The topological polar surface area (TPSA) is 86.8 Å². The Morgan fingerprint density at radius 2 is 1.49 bits per heavy atom. The van der Waals surface area contributed by atoms with E-state index in [2.05, 4.69) is 21.2 Å². The fraction of sp³-hybridized carbons (Fsp3) is 0.257. The zero-order valence-corrected chi connectivity index (χ0v) is 28.1. The van der Waals surface area contributed by atoms with Gasteiger partial charge in [0.05, 0.1) is 16.1 Å². The highest BCUT2D eigenvalue weighted by molar-refractivity contribution is 9.10. The van der Waals surface area contributed by atoms with E-state index in [1.54, 1.807) is 30.3 Å². The number of hydrogen-bond donors (Lipinski definition) is 1. The van der Waals surface area contributed by atoms with E-state index in [0.29, 0.717) is 28.9 Å². The van der Waals surface area contributed by atoms with Gasteiger partial charge in [-0.25, -0.2) is 8.42 Å². The van der Waals surface area contributed by atoms with Crippen LogP contribution in [0.2, 0.25) is 0 Å². The Bertz CT molecular complexity index is 1760. The van der Waals surface area contributed by atoms with E-state index in [1.807, 2.05) is 37.3 Å². The molecule has 7 nitrogen and oxygen atoms in total. The van der Waals surface area contributed by atoms with E-state index in [0.717, 1.165) is 28.6 Å². The van der Waals surface area contributed by atoms with Gasteiger partial charge in [-0.3, -0.25) is 13.9 Å². The van der Waals surface area contributed by atoms with Gasteiger partial charge in [-0.15, -0.1) is 0 Å². The van der Waals surface area contributed by atoms with Gasteiger partial charge >= 0.3 is 6.18 Å². The number of carbonyl (C=O) groups is 2. The summed E-state index contributed by atoms with van der Waals surface area (Å²) in [6, 6.07) is 26.1. The Morgan fingerprint density at radius 3 is 2.13 bits per heavy atom. The Balaban J connectivity index is 1.82. The van der Waals surface area contributed by atoms with Crippen LogP contribution in [-0.2, 0) is 38.8 Å². The third-order valence-corrected chi connectivity index (χ3v) is 9.70. The summed E-state index contributed by atoms with van der Waals surface area (Å²) in [5, 5.41) is 2.90. The predicted molar refractivity (Wildman–Crippen MR) is 179 cm³/mol. The van der Waals surface area contributed by atoms with Gasteiger partial charge in [-0.1, -0.05) is 96.0 Å². The Kier molecular flexibility index (Phi) is 12.2. The van der Waals surface area contributed by atoms with Gasteiger partial charge in [0.25, 0.3) is 10.0 Å².